The number of allylic oxidation sites excluding steroid dienone is 12. The standard InChI is InChI=1S/C48H81NO7/c1-6-8-10-12-14-16-18-20-22-23-25-26-28-30-32-34-36-38-46(50)55-43-44(42-54-41-40-45(48(52)53)49(3,4)5)56-47(51)39-37-35-33-31-29-27-24-21-19-17-15-13-11-9-7-2/h9,11,13,15,17,19-22,24,27,29,44-45H,6-8,10,12,14,16,18,23,25-26,28,30-43H2,1-5H3/p+1/b11-9+,15-13+,19-17+,22-20+,24-21+,29-27+. The third-order valence-corrected chi connectivity index (χ3v) is 9.47. The number of esters is 2. The molecule has 8 heteroatoms. The second kappa shape index (κ2) is 38.6. The molecule has 0 rings (SSSR count). The zero-order chi connectivity index (χ0) is 41.4. The van der Waals surface area contributed by atoms with Crippen molar-refractivity contribution in [3.8, 4) is 0 Å². The maximum absolute atomic E-state index is 12.7. The van der Waals surface area contributed by atoms with E-state index in [0.29, 0.717) is 19.3 Å². The number of rotatable bonds is 38. The molecule has 2 unspecified atom stereocenters. The van der Waals surface area contributed by atoms with E-state index < -0.39 is 18.1 Å². The summed E-state index contributed by atoms with van der Waals surface area (Å²) in [5.74, 6) is -1.54. The van der Waals surface area contributed by atoms with Crippen LogP contribution in [0.4, 0.5) is 0 Å². The molecule has 0 aliphatic heterocycles. The highest BCUT2D eigenvalue weighted by Gasteiger charge is 2.31. The molecule has 0 saturated heterocycles. The highest BCUT2D eigenvalue weighted by molar-refractivity contribution is 5.72. The van der Waals surface area contributed by atoms with Crippen molar-refractivity contribution in [3.05, 3.63) is 72.9 Å². The Morgan fingerprint density at radius 1 is 0.554 bits per heavy atom. The van der Waals surface area contributed by atoms with E-state index in [1.54, 1.807) is 0 Å². The summed E-state index contributed by atoms with van der Waals surface area (Å²) in [6.45, 7) is 4.53. The van der Waals surface area contributed by atoms with Gasteiger partial charge in [0, 0.05) is 19.3 Å². The van der Waals surface area contributed by atoms with Crippen LogP contribution >= 0.6 is 0 Å². The molecule has 0 aromatic rings. The van der Waals surface area contributed by atoms with Gasteiger partial charge in [0.15, 0.2) is 12.1 Å². The largest absolute Gasteiger partial charge is 0.477 e. The Morgan fingerprint density at radius 2 is 1.02 bits per heavy atom. The van der Waals surface area contributed by atoms with Crippen molar-refractivity contribution < 1.29 is 38.2 Å². The van der Waals surface area contributed by atoms with Crippen LogP contribution in [0.15, 0.2) is 72.9 Å². The van der Waals surface area contributed by atoms with Gasteiger partial charge in [-0.3, -0.25) is 9.59 Å². The van der Waals surface area contributed by atoms with Crippen molar-refractivity contribution in [3.63, 3.8) is 0 Å². The molecule has 0 amide bonds. The number of carbonyl (C=O) groups excluding carboxylic acids is 2. The van der Waals surface area contributed by atoms with Crippen molar-refractivity contribution >= 4 is 17.9 Å². The summed E-state index contributed by atoms with van der Waals surface area (Å²) >= 11 is 0. The van der Waals surface area contributed by atoms with Gasteiger partial charge in [0.05, 0.1) is 34.4 Å². The number of carboxylic acid groups (broad SMARTS) is 1. The van der Waals surface area contributed by atoms with Crippen LogP contribution in [0.5, 0.6) is 0 Å². The number of ether oxygens (including phenoxy) is 3. The van der Waals surface area contributed by atoms with Crippen LogP contribution in [0, 0.1) is 0 Å². The van der Waals surface area contributed by atoms with Gasteiger partial charge in [-0.05, 0) is 57.8 Å². The number of aliphatic carboxylic acids is 1. The van der Waals surface area contributed by atoms with E-state index in [1.807, 2.05) is 69.8 Å². The first kappa shape index (κ1) is 52.8. The number of carboxylic acids is 1. The van der Waals surface area contributed by atoms with Crippen LogP contribution < -0.4 is 0 Å². The molecular weight excluding hydrogens is 703 g/mol. The first-order valence-corrected chi connectivity index (χ1v) is 22.0. The molecule has 0 saturated carbocycles. The van der Waals surface area contributed by atoms with E-state index in [4.69, 9.17) is 14.2 Å². The van der Waals surface area contributed by atoms with Crippen LogP contribution in [-0.4, -0.2) is 80.6 Å². The summed E-state index contributed by atoms with van der Waals surface area (Å²) in [6, 6.07) is -0.626. The average molecular weight is 785 g/mol. The second-order valence-electron chi connectivity index (χ2n) is 15.7. The summed E-state index contributed by atoms with van der Waals surface area (Å²) in [6.07, 6.45) is 48.0. The van der Waals surface area contributed by atoms with Gasteiger partial charge in [0.1, 0.15) is 6.61 Å². The molecule has 0 aliphatic carbocycles. The van der Waals surface area contributed by atoms with E-state index in [2.05, 4.69) is 38.2 Å². The first-order chi connectivity index (χ1) is 27.1. The predicted octanol–water partition coefficient (Wildman–Crippen LogP) is 12.0. The molecule has 0 fully saturated rings. The lowest BCUT2D eigenvalue weighted by atomic mass is 10.1. The normalized spacial score (nSPS) is 13.7. The molecule has 0 aliphatic rings. The molecule has 1 N–H and O–H groups in total. The summed E-state index contributed by atoms with van der Waals surface area (Å²) in [5, 5.41) is 9.61. The highest BCUT2D eigenvalue weighted by atomic mass is 16.6. The van der Waals surface area contributed by atoms with E-state index in [9.17, 15) is 19.5 Å². The quantitative estimate of drug-likeness (QED) is 0.0219. The van der Waals surface area contributed by atoms with Gasteiger partial charge in [-0.25, -0.2) is 4.79 Å². The second-order valence-corrected chi connectivity index (χ2v) is 15.7. The average Bonchev–Trinajstić information content (AvgIpc) is 3.15. The van der Waals surface area contributed by atoms with Crippen molar-refractivity contribution in [2.45, 2.75) is 174 Å². The molecule has 0 aromatic carbocycles. The van der Waals surface area contributed by atoms with Crippen molar-refractivity contribution in [1.29, 1.82) is 0 Å². The zero-order valence-electron chi connectivity index (χ0n) is 36.3. The Balaban J connectivity index is 4.43. The molecule has 0 radical (unpaired) electrons. The summed E-state index contributed by atoms with van der Waals surface area (Å²) in [7, 11) is 5.50. The molecule has 0 bridgehead atoms. The van der Waals surface area contributed by atoms with Crippen LogP contribution in [0.3, 0.4) is 0 Å². The van der Waals surface area contributed by atoms with E-state index in [0.717, 1.165) is 44.9 Å². The Labute approximate surface area is 342 Å². The van der Waals surface area contributed by atoms with Gasteiger partial charge in [-0.15, -0.1) is 0 Å². The maximum atomic E-state index is 12.7. The number of unbranched alkanes of at least 4 members (excludes halogenated alkanes) is 16. The summed E-state index contributed by atoms with van der Waals surface area (Å²) in [4.78, 5) is 37.0. The fraction of sp³-hybridized carbons (Fsp3) is 0.688. The van der Waals surface area contributed by atoms with Crippen LogP contribution in [0.1, 0.15) is 162 Å². The molecule has 320 valence electrons. The predicted molar refractivity (Wildman–Crippen MR) is 233 cm³/mol. The molecule has 8 nitrogen and oxygen atoms in total. The van der Waals surface area contributed by atoms with Gasteiger partial charge >= 0.3 is 17.9 Å². The lowest BCUT2D eigenvalue weighted by molar-refractivity contribution is -0.887. The third kappa shape index (κ3) is 36.4. The molecular formula is C48H82NO7+. The monoisotopic (exact) mass is 785 g/mol. The molecule has 2 atom stereocenters. The van der Waals surface area contributed by atoms with Crippen molar-refractivity contribution in [2.75, 3.05) is 41.0 Å². The first-order valence-electron chi connectivity index (χ1n) is 22.0. The van der Waals surface area contributed by atoms with E-state index in [-0.39, 0.29) is 42.7 Å². The van der Waals surface area contributed by atoms with Crippen LogP contribution in [0.25, 0.3) is 0 Å². The number of likely N-dealkylation sites (N-methyl/N-ethyl adjacent to an activating group) is 1. The fourth-order valence-corrected chi connectivity index (χ4v) is 6.05. The zero-order valence-corrected chi connectivity index (χ0v) is 36.3. The van der Waals surface area contributed by atoms with Crippen LogP contribution in [-0.2, 0) is 28.6 Å². The lowest BCUT2D eigenvalue weighted by Crippen LogP contribution is -2.50. The Hall–Kier alpha value is -3.23. The molecule has 0 aromatic heterocycles. The number of hydrogen-bond acceptors (Lipinski definition) is 6. The van der Waals surface area contributed by atoms with Crippen molar-refractivity contribution in [2.24, 2.45) is 0 Å². The number of quaternary nitrogens is 1. The topological polar surface area (TPSA) is 99.1 Å². The summed E-state index contributed by atoms with van der Waals surface area (Å²) < 4.78 is 17.2. The maximum Gasteiger partial charge on any atom is 0.362 e. The minimum absolute atomic E-state index is 0.0388. The highest BCUT2D eigenvalue weighted by Crippen LogP contribution is 2.13. The number of carbonyl (C=O) groups is 3. The van der Waals surface area contributed by atoms with E-state index >= 15 is 0 Å². The summed E-state index contributed by atoms with van der Waals surface area (Å²) in [5.41, 5.74) is 0. The Kier molecular flexibility index (Phi) is 36.4. The van der Waals surface area contributed by atoms with Gasteiger partial charge in [0.2, 0.25) is 0 Å². The molecule has 56 heavy (non-hydrogen) atoms. The molecule has 0 heterocycles. The third-order valence-electron chi connectivity index (χ3n) is 9.47. The number of nitrogens with zero attached hydrogens (tertiary/aromatic N) is 1. The SMILES string of the molecule is CC/C=C/C=C/C=C/C=C/C=C/CCCCCC(=O)OC(COCCC(C(=O)O)[N+](C)(C)C)COC(=O)CCCCCCCCC/C=C/CCCCCCCC. The van der Waals surface area contributed by atoms with Gasteiger partial charge < -0.3 is 23.8 Å². The minimum atomic E-state index is -0.886. The van der Waals surface area contributed by atoms with Gasteiger partial charge in [0.25, 0.3) is 0 Å². The van der Waals surface area contributed by atoms with Crippen LogP contribution in [0.2, 0.25) is 0 Å². The Morgan fingerprint density at radius 3 is 1.55 bits per heavy atom. The smallest absolute Gasteiger partial charge is 0.362 e. The fourth-order valence-electron chi connectivity index (χ4n) is 6.05. The Bertz CT molecular complexity index is 1140. The molecule has 0 spiro atoms. The lowest BCUT2D eigenvalue weighted by Gasteiger charge is -2.31. The van der Waals surface area contributed by atoms with Gasteiger partial charge in [-0.2, -0.15) is 0 Å². The van der Waals surface area contributed by atoms with Gasteiger partial charge in [-0.1, -0.05) is 157 Å². The minimum Gasteiger partial charge on any atom is -0.477 e. The van der Waals surface area contributed by atoms with Crippen molar-refractivity contribution in [1.82, 2.24) is 0 Å². The number of hydrogen-bond donors (Lipinski definition) is 1. The van der Waals surface area contributed by atoms with E-state index in [1.165, 1.54) is 77.0 Å².